The summed E-state index contributed by atoms with van der Waals surface area (Å²) in [7, 11) is 1.62. The largest absolute Gasteiger partial charge is 0.508 e. The summed E-state index contributed by atoms with van der Waals surface area (Å²) in [6, 6.07) is 18.7. The van der Waals surface area contributed by atoms with E-state index in [0.717, 1.165) is 51.5 Å². The third kappa shape index (κ3) is 5.46. The number of aromatic hydroxyl groups is 1. The summed E-state index contributed by atoms with van der Waals surface area (Å²) in [5, 5.41) is 11.0. The summed E-state index contributed by atoms with van der Waals surface area (Å²) in [5.74, 6) is 1.54. The van der Waals surface area contributed by atoms with Crippen molar-refractivity contribution in [3.05, 3.63) is 96.1 Å². The third-order valence-electron chi connectivity index (χ3n) is 7.35. The lowest BCUT2D eigenvalue weighted by Crippen LogP contribution is -2.25. The molecule has 1 N–H and O–H groups in total. The summed E-state index contributed by atoms with van der Waals surface area (Å²) in [6.45, 7) is 4.49. The number of aromatic nitrogens is 2. The molecule has 0 radical (unpaired) electrons. The van der Waals surface area contributed by atoms with Gasteiger partial charge < -0.3 is 19.1 Å². The molecule has 0 unspecified atom stereocenters. The first-order valence-electron chi connectivity index (χ1n) is 13.5. The normalized spacial score (nSPS) is 13.6. The molecule has 7 nitrogen and oxygen atoms in total. The zero-order valence-corrected chi connectivity index (χ0v) is 23.2. The van der Waals surface area contributed by atoms with Gasteiger partial charge in [0, 0.05) is 50.6 Å². The van der Waals surface area contributed by atoms with Crippen molar-refractivity contribution in [3.8, 4) is 27.7 Å². The van der Waals surface area contributed by atoms with E-state index in [1.54, 1.807) is 37.8 Å². The number of imidazole rings is 1. The lowest BCUT2D eigenvalue weighted by molar-refractivity contribution is 0.104. The molecule has 1 fully saturated rings. The van der Waals surface area contributed by atoms with E-state index in [1.165, 1.54) is 24.2 Å². The van der Waals surface area contributed by atoms with Crippen molar-refractivity contribution in [3.63, 3.8) is 0 Å². The maximum Gasteiger partial charge on any atom is 0.195 e. The Labute approximate surface area is 237 Å². The van der Waals surface area contributed by atoms with Gasteiger partial charge in [-0.25, -0.2) is 4.98 Å². The minimum Gasteiger partial charge on any atom is -0.508 e. The Bertz CT molecular complexity index is 1620. The Kier molecular flexibility index (Phi) is 7.53. The Morgan fingerprint density at radius 1 is 1.05 bits per heavy atom. The Morgan fingerprint density at radius 3 is 2.62 bits per heavy atom. The smallest absolute Gasteiger partial charge is 0.195 e. The second kappa shape index (κ2) is 11.5. The number of methoxy groups -OCH3 is 1. The zero-order chi connectivity index (χ0) is 27.5. The van der Waals surface area contributed by atoms with Gasteiger partial charge >= 0.3 is 0 Å². The Hall–Kier alpha value is -4.14. The number of likely N-dealkylation sites (tertiary alicyclic amines) is 1. The van der Waals surface area contributed by atoms with Gasteiger partial charge in [0.15, 0.2) is 5.78 Å². The van der Waals surface area contributed by atoms with Crippen LogP contribution in [0.15, 0.2) is 79.4 Å². The highest BCUT2D eigenvalue weighted by Crippen LogP contribution is 2.42. The van der Waals surface area contributed by atoms with Crippen LogP contribution in [0.25, 0.3) is 20.5 Å². The van der Waals surface area contributed by atoms with Crippen LogP contribution < -0.4 is 9.47 Å². The van der Waals surface area contributed by atoms with Crippen molar-refractivity contribution in [2.24, 2.45) is 0 Å². The first-order valence-corrected chi connectivity index (χ1v) is 14.3. The highest BCUT2D eigenvalue weighted by atomic mass is 32.1. The van der Waals surface area contributed by atoms with E-state index in [1.807, 2.05) is 53.2 Å². The first kappa shape index (κ1) is 26.1. The molecule has 0 amide bonds. The van der Waals surface area contributed by atoms with Gasteiger partial charge in [0.05, 0.1) is 20.0 Å². The van der Waals surface area contributed by atoms with E-state index >= 15 is 0 Å². The van der Waals surface area contributed by atoms with Gasteiger partial charge in [0.1, 0.15) is 23.9 Å². The van der Waals surface area contributed by atoms with Crippen molar-refractivity contribution in [1.82, 2.24) is 14.5 Å². The summed E-state index contributed by atoms with van der Waals surface area (Å²) in [4.78, 5) is 21.5. The topological polar surface area (TPSA) is 76.8 Å². The number of benzene rings is 3. The number of rotatable bonds is 10. The van der Waals surface area contributed by atoms with Crippen LogP contribution >= 0.6 is 11.3 Å². The SMILES string of the molecule is COc1cc(C(=O)c2c(-c3ccc(OCCN4CCCC4)cc3)sc3cc(O)ccc23)ccc1Cn1ccnc1. The number of carbonyl (C=O) groups excluding carboxylic acids is 1. The molecule has 8 heteroatoms. The van der Waals surface area contributed by atoms with Crippen LogP contribution in [0.1, 0.15) is 34.3 Å². The lowest BCUT2D eigenvalue weighted by atomic mass is 9.96. The molecule has 204 valence electrons. The minimum absolute atomic E-state index is 0.0923. The maximum absolute atomic E-state index is 14.1. The Morgan fingerprint density at radius 2 is 1.88 bits per heavy atom. The number of ether oxygens (including phenoxy) is 2. The number of phenolic OH excluding ortho intramolecular Hbond substituents is 1. The van der Waals surface area contributed by atoms with E-state index in [4.69, 9.17) is 9.47 Å². The second-order valence-corrected chi connectivity index (χ2v) is 11.1. The van der Waals surface area contributed by atoms with Gasteiger partial charge in [0.2, 0.25) is 0 Å². The highest BCUT2D eigenvalue weighted by Gasteiger charge is 2.23. The number of hydrogen-bond acceptors (Lipinski definition) is 7. The third-order valence-corrected chi connectivity index (χ3v) is 8.56. The fourth-order valence-electron chi connectivity index (χ4n) is 5.25. The number of nitrogens with zero attached hydrogens (tertiary/aromatic N) is 3. The summed E-state index contributed by atoms with van der Waals surface area (Å²) < 4.78 is 14.5. The maximum atomic E-state index is 14.1. The van der Waals surface area contributed by atoms with E-state index in [0.29, 0.717) is 30.0 Å². The van der Waals surface area contributed by atoms with E-state index in [2.05, 4.69) is 9.88 Å². The van der Waals surface area contributed by atoms with E-state index in [9.17, 15) is 9.90 Å². The molecule has 3 heterocycles. The van der Waals surface area contributed by atoms with E-state index in [-0.39, 0.29) is 11.5 Å². The van der Waals surface area contributed by atoms with E-state index < -0.39 is 0 Å². The van der Waals surface area contributed by atoms with Crippen LogP contribution in [0.3, 0.4) is 0 Å². The van der Waals surface area contributed by atoms with Crippen LogP contribution in [0.4, 0.5) is 0 Å². The molecule has 0 aliphatic carbocycles. The van der Waals surface area contributed by atoms with Crippen LogP contribution in [-0.4, -0.2) is 58.7 Å². The molecule has 0 saturated carbocycles. The number of phenols is 1. The molecule has 0 spiro atoms. The number of hydrogen-bond donors (Lipinski definition) is 1. The molecular formula is C32H31N3O4S. The molecule has 5 aromatic rings. The molecular weight excluding hydrogens is 522 g/mol. The van der Waals surface area contributed by atoms with Crippen molar-refractivity contribution in [2.75, 3.05) is 33.4 Å². The van der Waals surface area contributed by atoms with Crippen molar-refractivity contribution >= 4 is 27.2 Å². The molecule has 1 saturated heterocycles. The molecule has 6 rings (SSSR count). The van der Waals surface area contributed by atoms with Gasteiger partial charge in [-0.1, -0.05) is 12.1 Å². The van der Waals surface area contributed by atoms with Crippen molar-refractivity contribution in [1.29, 1.82) is 0 Å². The number of carbonyl (C=O) groups is 1. The van der Waals surface area contributed by atoms with Gasteiger partial charge in [-0.15, -0.1) is 11.3 Å². The van der Waals surface area contributed by atoms with Crippen LogP contribution in [0.2, 0.25) is 0 Å². The Balaban J connectivity index is 1.30. The average Bonchev–Trinajstić information content (AvgIpc) is 3.75. The molecule has 1 aliphatic rings. The average molecular weight is 554 g/mol. The lowest BCUT2D eigenvalue weighted by Gasteiger charge is -2.15. The predicted molar refractivity (Wildman–Crippen MR) is 158 cm³/mol. The fourth-order valence-corrected chi connectivity index (χ4v) is 6.49. The number of thiophene rings is 1. The standard InChI is InChI=1S/C32H31N3O4S/c1-38-28-18-23(4-5-24(28)20-35-15-12-33-21-35)31(37)30-27-11-8-25(36)19-29(27)40-32(30)22-6-9-26(10-7-22)39-17-16-34-13-2-3-14-34/h4-12,15,18-19,21,36H,2-3,13-14,16-17,20H2,1H3. The van der Waals surface area contributed by atoms with Crippen molar-refractivity contribution < 1.29 is 19.4 Å². The quantitative estimate of drug-likeness (QED) is 0.207. The molecule has 2 aromatic heterocycles. The monoisotopic (exact) mass is 553 g/mol. The number of fused-ring (bicyclic) bond motifs is 1. The minimum atomic E-state index is -0.0923. The fraction of sp³-hybridized carbons (Fsp3) is 0.250. The molecule has 0 bridgehead atoms. The number of ketones is 1. The zero-order valence-electron chi connectivity index (χ0n) is 22.4. The molecule has 40 heavy (non-hydrogen) atoms. The highest BCUT2D eigenvalue weighted by molar-refractivity contribution is 7.22. The first-order chi connectivity index (χ1) is 19.6. The van der Waals surface area contributed by atoms with Crippen LogP contribution in [0.5, 0.6) is 17.2 Å². The van der Waals surface area contributed by atoms with Gasteiger partial charge in [-0.2, -0.15) is 0 Å². The van der Waals surface area contributed by atoms with Gasteiger partial charge in [-0.3, -0.25) is 9.69 Å². The molecule has 0 atom stereocenters. The summed E-state index contributed by atoms with van der Waals surface area (Å²) in [6.07, 6.45) is 7.91. The summed E-state index contributed by atoms with van der Waals surface area (Å²) >= 11 is 1.50. The summed E-state index contributed by atoms with van der Waals surface area (Å²) in [5.41, 5.74) is 3.05. The van der Waals surface area contributed by atoms with Gasteiger partial charge in [-0.05, 0) is 80.0 Å². The van der Waals surface area contributed by atoms with Crippen LogP contribution in [-0.2, 0) is 6.54 Å². The molecule has 1 aliphatic heterocycles. The predicted octanol–water partition coefficient (Wildman–Crippen LogP) is 6.23. The van der Waals surface area contributed by atoms with Crippen molar-refractivity contribution in [2.45, 2.75) is 19.4 Å². The molecule has 3 aromatic carbocycles. The second-order valence-electron chi connectivity index (χ2n) is 10.00. The van der Waals surface area contributed by atoms with Crippen LogP contribution in [0, 0.1) is 0 Å². The van der Waals surface area contributed by atoms with Gasteiger partial charge in [0.25, 0.3) is 0 Å².